The standard InChI is InChI=1S/C30H41FN2O6/c1-5-39-25-8-6-22(26(31)17-25)15-29(34)32-27-14-21(23(19-37-4)16-30(35)36)7-9-28(27)33(18-20(2)3)24-10-12-38-13-11-24/h6-9,14,17,20,23-24H,5,10-13,15-16,18-19H2,1-4H3,(H,32,34)(H,35,36). The summed E-state index contributed by atoms with van der Waals surface area (Å²) < 4.78 is 30.9. The van der Waals surface area contributed by atoms with Gasteiger partial charge in [-0.2, -0.15) is 0 Å². The van der Waals surface area contributed by atoms with Gasteiger partial charge in [0.05, 0.1) is 37.4 Å². The van der Waals surface area contributed by atoms with Crippen LogP contribution in [0.15, 0.2) is 36.4 Å². The van der Waals surface area contributed by atoms with Crippen LogP contribution >= 0.6 is 0 Å². The molecule has 0 bridgehead atoms. The molecule has 2 aromatic rings. The van der Waals surface area contributed by atoms with Crippen LogP contribution in [0.1, 0.15) is 57.1 Å². The third-order valence-corrected chi connectivity index (χ3v) is 6.74. The van der Waals surface area contributed by atoms with E-state index in [0.29, 0.717) is 37.2 Å². The molecule has 1 atom stereocenters. The Balaban J connectivity index is 1.96. The summed E-state index contributed by atoms with van der Waals surface area (Å²) in [5.74, 6) is -1.41. The lowest BCUT2D eigenvalue weighted by atomic mass is 9.94. The van der Waals surface area contributed by atoms with Crippen molar-refractivity contribution in [2.45, 2.75) is 58.4 Å². The van der Waals surface area contributed by atoms with Crippen LogP contribution in [0.3, 0.4) is 0 Å². The predicted molar refractivity (Wildman–Crippen MR) is 149 cm³/mol. The highest BCUT2D eigenvalue weighted by Gasteiger charge is 2.26. The monoisotopic (exact) mass is 544 g/mol. The van der Waals surface area contributed by atoms with Crippen LogP contribution in [-0.2, 0) is 25.5 Å². The van der Waals surface area contributed by atoms with Gasteiger partial charge in [-0.3, -0.25) is 9.59 Å². The lowest BCUT2D eigenvalue weighted by molar-refractivity contribution is -0.137. The number of methoxy groups -OCH3 is 1. The number of carboxylic acid groups (broad SMARTS) is 1. The van der Waals surface area contributed by atoms with E-state index in [1.54, 1.807) is 12.1 Å². The fraction of sp³-hybridized carbons (Fsp3) is 0.533. The molecule has 3 rings (SSSR count). The van der Waals surface area contributed by atoms with Gasteiger partial charge in [-0.1, -0.05) is 26.0 Å². The average Bonchev–Trinajstić information content (AvgIpc) is 2.89. The van der Waals surface area contributed by atoms with Crippen LogP contribution in [0.5, 0.6) is 5.75 Å². The number of carbonyl (C=O) groups is 2. The molecular formula is C30H41FN2O6. The molecule has 1 aliphatic rings. The third kappa shape index (κ3) is 8.93. The molecule has 1 saturated heterocycles. The smallest absolute Gasteiger partial charge is 0.304 e. The summed E-state index contributed by atoms with van der Waals surface area (Å²) in [6, 6.07) is 10.4. The zero-order valence-corrected chi connectivity index (χ0v) is 23.4. The molecule has 2 aromatic carbocycles. The van der Waals surface area contributed by atoms with E-state index in [4.69, 9.17) is 14.2 Å². The molecule has 0 aliphatic carbocycles. The van der Waals surface area contributed by atoms with Crippen LogP contribution in [0.25, 0.3) is 0 Å². The van der Waals surface area contributed by atoms with Gasteiger partial charge in [-0.15, -0.1) is 0 Å². The number of carboxylic acids is 1. The molecular weight excluding hydrogens is 503 g/mol. The molecule has 0 radical (unpaired) electrons. The van der Waals surface area contributed by atoms with Gasteiger partial charge in [-0.25, -0.2) is 4.39 Å². The minimum Gasteiger partial charge on any atom is -0.494 e. The first-order valence-corrected chi connectivity index (χ1v) is 13.6. The molecule has 39 heavy (non-hydrogen) atoms. The van der Waals surface area contributed by atoms with E-state index in [9.17, 15) is 19.1 Å². The van der Waals surface area contributed by atoms with E-state index in [1.165, 1.54) is 13.2 Å². The van der Waals surface area contributed by atoms with Gasteiger partial charge >= 0.3 is 5.97 Å². The Morgan fingerprint density at radius 1 is 1.18 bits per heavy atom. The zero-order valence-electron chi connectivity index (χ0n) is 23.4. The van der Waals surface area contributed by atoms with Gasteiger partial charge in [0.25, 0.3) is 0 Å². The molecule has 8 nitrogen and oxygen atoms in total. The van der Waals surface area contributed by atoms with Crippen LogP contribution < -0.4 is 15.0 Å². The Hall–Kier alpha value is -3.17. The van der Waals surface area contributed by atoms with Crippen molar-refractivity contribution in [3.63, 3.8) is 0 Å². The first kappa shape index (κ1) is 30.4. The highest BCUT2D eigenvalue weighted by Crippen LogP contribution is 2.35. The molecule has 1 unspecified atom stereocenters. The normalized spacial score (nSPS) is 14.7. The number of anilines is 2. The largest absolute Gasteiger partial charge is 0.494 e. The molecule has 1 aliphatic heterocycles. The van der Waals surface area contributed by atoms with Crippen molar-refractivity contribution in [3.05, 3.63) is 53.3 Å². The maximum absolute atomic E-state index is 14.7. The number of halogens is 1. The van der Waals surface area contributed by atoms with Crippen molar-refractivity contribution in [3.8, 4) is 5.75 Å². The Labute approximate surface area is 230 Å². The summed E-state index contributed by atoms with van der Waals surface area (Å²) in [6.07, 6.45) is 1.47. The van der Waals surface area contributed by atoms with Crippen LogP contribution in [0, 0.1) is 11.7 Å². The highest BCUT2D eigenvalue weighted by molar-refractivity contribution is 5.96. The molecule has 1 heterocycles. The molecule has 9 heteroatoms. The van der Waals surface area contributed by atoms with Gasteiger partial charge in [0, 0.05) is 44.9 Å². The number of ether oxygens (including phenoxy) is 3. The number of hydrogen-bond acceptors (Lipinski definition) is 6. The number of carbonyl (C=O) groups excluding carboxylic acids is 1. The molecule has 0 aromatic heterocycles. The predicted octanol–water partition coefficient (Wildman–Crippen LogP) is 5.25. The van der Waals surface area contributed by atoms with Gasteiger partial charge < -0.3 is 29.5 Å². The van der Waals surface area contributed by atoms with Gasteiger partial charge in [0.2, 0.25) is 5.91 Å². The fourth-order valence-corrected chi connectivity index (χ4v) is 4.97. The molecule has 1 amide bonds. The number of benzene rings is 2. The summed E-state index contributed by atoms with van der Waals surface area (Å²) in [5, 5.41) is 12.5. The van der Waals surface area contributed by atoms with E-state index >= 15 is 0 Å². The Morgan fingerprint density at radius 2 is 1.92 bits per heavy atom. The second kappa shape index (κ2) is 14.8. The van der Waals surface area contributed by atoms with Crippen molar-refractivity contribution >= 4 is 23.3 Å². The third-order valence-electron chi connectivity index (χ3n) is 6.74. The topological polar surface area (TPSA) is 97.3 Å². The molecule has 0 saturated carbocycles. The first-order chi connectivity index (χ1) is 18.7. The highest BCUT2D eigenvalue weighted by atomic mass is 19.1. The zero-order chi connectivity index (χ0) is 28.4. The fourth-order valence-electron chi connectivity index (χ4n) is 4.97. The van der Waals surface area contributed by atoms with E-state index < -0.39 is 11.8 Å². The summed E-state index contributed by atoms with van der Waals surface area (Å²) in [7, 11) is 1.53. The van der Waals surface area contributed by atoms with Gasteiger partial charge in [-0.05, 0) is 55.0 Å². The van der Waals surface area contributed by atoms with Crippen LogP contribution in [-0.4, -0.2) is 63.1 Å². The van der Waals surface area contributed by atoms with Crippen LogP contribution in [0.2, 0.25) is 0 Å². The Bertz CT molecular complexity index is 1100. The quantitative estimate of drug-likeness (QED) is 0.335. The molecule has 1 fully saturated rings. The van der Waals surface area contributed by atoms with Crippen molar-refractivity contribution in [2.24, 2.45) is 5.92 Å². The minimum atomic E-state index is -0.929. The number of amides is 1. The summed E-state index contributed by atoms with van der Waals surface area (Å²) in [5.41, 5.74) is 2.44. The second-order valence-corrected chi connectivity index (χ2v) is 10.3. The number of rotatable bonds is 14. The summed E-state index contributed by atoms with van der Waals surface area (Å²) in [6.45, 7) is 8.88. The number of hydrogen-bond donors (Lipinski definition) is 2. The number of aliphatic carboxylic acids is 1. The Kier molecular flexibility index (Phi) is 11.6. The van der Waals surface area contributed by atoms with Gasteiger partial charge in [0.15, 0.2) is 0 Å². The summed E-state index contributed by atoms with van der Waals surface area (Å²) in [4.78, 5) is 27.1. The number of nitrogens with one attached hydrogen (secondary N) is 1. The average molecular weight is 545 g/mol. The molecule has 214 valence electrons. The molecule has 2 N–H and O–H groups in total. The molecule has 0 spiro atoms. The summed E-state index contributed by atoms with van der Waals surface area (Å²) >= 11 is 0. The van der Waals surface area contributed by atoms with Crippen molar-refractivity contribution in [1.82, 2.24) is 0 Å². The van der Waals surface area contributed by atoms with Crippen molar-refractivity contribution in [1.29, 1.82) is 0 Å². The lowest BCUT2D eigenvalue weighted by Gasteiger charge is -2.38. The van der Waals surface area contributed by atoms with Crippen molar-refractivity contribution < 1.29 is 33.3 Å². The van der Waals surface area contributed by atoms with Crippen LogP contribution in [0.4, 0.5) is 15.8 Å². The maximum Gasteiger partial charge on any atom is 0.304 e. The van der Waals surface area contributed by atoms with E-state index in [-0.39, 0.29) is 42.9 Å². The SMILES string of the molecule is CCOc1ccc(CC(=O)Nc2cc(C(COC)CC(=O)O)ccc2N(CC(C)C)C2CCOCC2)c(F)c1. The second-order valence-electron chi connectivity index (χ2n) is 10.3. The first-order valence-electron chi connectivity index (χ1n) is 13.6. The maximum atomic E-state index is 14.7. The van der Waals surface area contributed by atoms with Gasteiger partial charge in [0.1, 0.15) is 11.6 Å². The van der Waals surface area contributed by atoms with E-state index in [2.05, 4.69) is 24.1 Å². The lowest BCUT2D eigenvalue weighted by Crippen LogP contribution is -2.42. The minimum absolute atomic E-state index is 0.104. The van der Waals surface area contributed by atoms with E-state index in [0.717, 1.165) is 30.6 Å². The van der Waals surface area contributed by atoms with Crippen molar-refractivity contribution in [2.75, 3.05) is 50.3 Å². The number of nitrogens with zero attached hydrogens (tertiary/aromatic N) is 1. The Morgan fingerprint density at radius 3 is 2.54 bits per heavy atom. The van der Waals surface area contributed by atoms with E-state index in [1.807, 2.05) is 25.1 Å².